The van der Waals surface area contributed by atoms with Crippen molar-refractivity contribution in [1.29, 1.82) is 0 Å². The van der Waals surface area contributed by atoms with Gasteiger partial charge in [-0.15, -0.1) is 0 Å². The molecule has 1 heterocycles. The van der Waals surface area contributed by atoms with Crippen LogP contribution in [-0.2, 0) is 4.79 Å². The van der Waals surface area contributed by atoms with Gasteiger partial charge in [0.15, 0.2) is 0 Å². The van der Waals surface area contributed by atoms with Crippen LogP contribution >= 0.6 is 0 Å². The molecule has 0 bridgehead atoms. The molecular weight excluding hydrogens is 330 g/mol. The van der Waals surface area contributed by atoms with Gasteiger partial charge in [-0.25, -0.2) is 4.98 Å². The number of hydrogen-bond acceptors (Lipinski definition) is 4. The highest BCUT2D eigenvalue weighted by Gasteiger charge is 2.16. The van der Waals surface area contributed by atoms with Gasteiger partial charge in [-0.2, -0.15) is 0 Å². The van der Waals surface area contributed by atoms with E-state index in [2.05, 4.69) is 15.3 Å². The molecule has 1 atom stereocenters. The van der Waals surface area contributed by atoms with Gasteiger partial charge in [-0.3, -0.25) is 9.59 Å². The Kier molecular flexibility index (Phi) is 4.84. The molecule has 2 aromatic carbocycles. The number of phenolic OH excluding ortho intramolecular Hbond substituents is 1. The molecule has 0 saturated carbocycles. The van der Waals surface area contributed by atoms with E-state index in [0.717, 1.165) is 5.56 Å². The molecule has 6 nitrogen and oxygen atoms in total. The molecule has 132 valence electrons. The van der Waals surface area contributed by atoms with E-state index < -0.39 is 5.92 Å². The normalized spacial score (nSPS) is 11.8. The molecule has 0 aliphatic heterocycles. The molecule has 0 aliphatic carbocycles. The highest BCUT2D eigenvalue weighted by Crippen LogP contribution is 2.23. The van der Waals surface area contributed by atoms with Crippen LogP contribution in [0.1, 0.15) is 24.1 Å². The molecule has 3 rings (SSSR count). The number of aryl methyl sites for hydroxylation is 1. The Morgan fingerprint density at radius 1 is 1.15 bits per heavy atom. The molecular formula is C20H19N3O3. The number of amides is 1. The summed E-state index contributed by atoms with van der Waals surface area (Å²) in [5.74, 6) is -0.0492. The summed E-state index contributed by atoms with van der Waals surface area (Å²) < 4.78 is 0. The number of aromatic nitrogens is 2. The molecule has 0 spiro atoms. The van der Waals surface area contributed by atoms with Gasteiger partial charge in [0.05, 0.1) is 5.92 Å². The minimum absolute atomic E-state index is 0.124. The molecule has 0 aliphatic rings. The lowest BCUT2D eigenvalue weighted by atomic mass is 10.00. The van der Waals surface area contributed by atoms with Crippen LogP contribution in [0.2, 0.25) is 0 Å². The lowest BCUT2D eigenvalue weighted by Gasteiger charge is -2.13. The molecule has 0 fully saturated rings. The first-order valence-corrected chi connectivity index (χ1v) is 8.20. The maximum atomic E-state index is 12.5. The van der Waals surface area contributed by atoms with Gasteiger partial charge in [-0.1, -0.05) is 24.3 Å². The largest absolute Gasteiger partial charge is 0.508 e. The third-order valence-electron chi connectivity index (χ3n) is 4.04. The van der Waals surface area contributed by atoms with Gasteiger partial charge in [0.25, 0.3) is 5.56 Å². The molecule has 3 aromatic rings. The van der Waals surface area contributed by atoms with Gasteiger partial charge in [-0.05, 0) is 43.7 Å². The van der Waals surface area contributed by atoms with Crippen molar-refractivity contribution in [2.75, 3.05) is 5.32 Å². The topological polar surface area (TPSA) is 95.1 Å². The summed E-state index contributed by atoms with van der Waals surface area (Å²) in [6.45, 7) is 3.52. The number of nitrogens with one attached hydrogen (secondary N) is 2. The van der Waals surface area contributed by atoms with E-state index >= 15 is 0 Å². The Bertz CT molecular complexity index is 1010. The van der Waals surface area contributed by atoms with Crippen LogP contribution in [0, 0.1) is 6.92 Å². The summed E-state index contributed by atoms with van der Waals surface area (Å²) >= 11 is 0. The van der Waals surface area contributed by atoms with Crippen molar-refractivity contribution in [2.24, 2.45) is 0 Å². The predicted molar refractivity (Wildman–Crippen MR) is 100 cm³/mol. The Labute approximate surface area is 150 Å². The number of H-pyrrole nitrogens is 1. The van der Waals surface area contributed by atoms with Gasteiger partial charge in [0, 0.05) is 23.0 Å². The number of aromatic amines is 1. The molecule has 1 unspecified atom stereocenters. The second-order valence-corrected chi connectivity index (χ2v) is 6.12. The summed E-state index contributed by atoms with van der Waals surface area (Å²) in [4.78, 5) is 31.2. The standard InChI is InChI=1S/C20H19N3O3/c1-12-9-18(25)23-19(21-12)15-6-3-7-16(10-15)22-20(26)13(2)14-5-4-8-17(24)11-14/h3-11,13,24H,1-2H3,(H,22,26)(H,21,23,25). The summed E-state index contributed by atoms with van der Waals surface area (Å²) in [7, 11) is 0. The fraction of sp³-hybridized carbons (Fsp3) is 0.150. The van der Waals surface area contributed by atoms with Gasteiger partial charge >= 0.3 is 0 Å². The number of phenols is 1. The Balaban J connectivity index is 1.82. The molecule has 0 radical (unpaired) electrons. The number of anilines is 1. The maximum absolute atomic E-state index is 12.5. The second-order valence-electron chi connectivity index (χ2n) is 6.12. The lowest BCUT2D eigenvalue weighted by molar-refractivity contribution is -0.117. The first kappa shape index (κ1) is 17.4. The maximum Gasteiger partial charge on any atom is 0.251 e. The smallest absolute Gasteiger partial charge is 0.251 e. The van der Waals surface area contributed by atoms with Crippen molar-refractivity contribution in [2.45, 2.75) is 19.8 Å². The predicted octanol–water partition coefficient (Wildman–Crippen LogP) is 3.19. The molecule has 26 heavy (non-hydrogen) atoms. The van der Waals surface area contributed by atoms with Crippen LogP contribution in [0.4, 0.5) is 5.69 Å². The summed E-state index contributed by atoms with van der Waals surface area (Å²) in [5.41, 5.74) is 2.43. The SMILES string of the molecule is Cc1cc(=O)[nH]c(-c2cccc(NC(=O)C(C)c3cccc(O)c3)c2)n1. The highest BCUT2D eigenvalue weighted by atomic mass is 16.3. The zero-order valence-corrected chi connectivity index (χ0v) is 14.5. The van der Waals surface area contributed by atoms with Crippen molar-refractivity contribution >= 4 is 11.6 Å². The summed E-state index contributed by atoms with van der Waals surface area (Å²) in [5, 5.41) is 12.4. The third kappa shape index (κ3) is 3.97. The first-order chi connectivity index (χ1) is 12.4. The Hall–Kier alpha value is -3.41. The van der Waals surface area contributed by atoms with Gasteiger partial charge in [0.2, 0.25) is 5.91 Å². The second kappa shape index (κ2) is 7.23. The summed E-state index contributed by atoms with van der Waals surface area (Å²) in [6.07, 6.45) is 0. The number of hydrogen-bond donors (Lipinski definition) is 3. The lowest BCUT2D eigenvalue weighted by Crippen LogP contribution is -2.18. The van der Waals surface area contributed by atoms with E-state index in [1.807, 2.05) is 6.07 Å². The minimum Gasteiger partial charge on any atom is -0.508 e. The molecule has 1 amide bonds. The quantitative estimate of drug-likeness (QED) is 0.674. The molecule has 0 saturated heterocycles. The molecule has 3 N–H and O–H groups in total. The molecule has 6 heteroatoms. The fourth-order valence-electron chi connectivity index (χ4n) is 2.66. The van der Waals surface area contributed by atoms with E-state index in [1.54, 1.807) is 56.3 Å². The number of benzene rings is 2. The Morgan fingerprint density at radius 3 is 2.65 bits per heavy atom. The minimum atomic E-state index is -0.428. The number of carbonyl (C=O) groups excluding carboxylic acids is 1. The van der Waals surface area contributed by atoms with Crippen LogP contribution in [0.5, 0.6) is 5.75 Å². The van der Waals surface area contributed by atoms with Crippen LogP contribution in [0.3, 0.4) is 0 Å². The van der Waals surface area contributed by atoms with Crippen LogP contribution in [-0.4, -0.2) is 21.0 Å². The van der Waals surface area contributed by atoms with Crippen LogP contribution in [0.25, 0.3) is 11.4 Å². The summed E-state index contributed by atoms with van der Waals surface area (Å²) in [6, 6.07) is 15.2. The van der Waals surface area contributed by atoms with E-state index in [9.17, 15) is 14.7 Å². The highest BCUT2D eigenvalue weighted by molar-refractivity contribution is 5.96. The number of carbonyl (C=O) groups is 1. The fourth-order valence-corrected chi connectivity index (χ4v) is 2.66. The number of nitrogens with zero attached hydrogens (tertiary/aromatic N) is 1. The first-order valence-electron chi connectivity index (χ1n) is 8.20. The monoisotopic (exact) mass is 349 g/mol. The van der Waals surface area contributed by atoms with Gasteiger partial charge < -0.3 is 15.4 Å². The van der Waals surface area contributed by atoms with Crippen molar-refractivity contribution in [3.8, 4) is 17.1 Å². The Morgan fingerprint density at radius 2 is 1.92 bits per heavy atom. The van der Waals surface area contributed by atoms with Crippen molar-refractivity contribution in [3.63, 3.8) is 0 Å². The van der Waals surface area contributed by atoms with E-state index in [1.165, 1.54) is 6.07 Å². The van der Waals surface area contributed by atoms with Crippen molar-refractivity contribution in [1.82, 2.24) is 9.97 Å². The number of aromatic hydroxyl groups is 1. The molecule has 1 aromatic heterocycles. The zero-order chi connectivity index (χ0) is 18.7. The average molecular weight is 349 g/mol. The van der Waals surface area contributed by atoms with Crippen LogP contribution < -0.4 is 10.9 Å². The zero-order valence-electron chi connectivity index (χ0n) is 14.5. The number of rotatable bonds is 4. The average Bonchev–Trinajstić information content (AvgIpc) is 2.60. The van der Waals surface area contributed by atoms with E-state index in [0.29, 0.717) is 22.8 Å². The van der Waals surface area contributed by atoms with E-state index in [-0.39, 0.29) is 17.2 Å². The van der Waals surface area contributed by atoms with Crippen LogP contribution in [0.15, 0.2) is 59.4 Å². The van der Waals surface area contributed by atoms with Gasteiger partial charge in [0.1, 0.15) is 11.6 Å². The van der Waals surface area contributed by atoms with Crippen molar-refractivity contribution in [3.05, 3.63) is 76.2 Å². The van der Waals surface area contributed by atoms with E-state index in [4.69, 9.17) is 0 Å². The van der Waals surface area contributed by atoms with Crippen molar-refractivity contribution < 1.29 is 9.90 Å². The third-order valence-corrected chi connectivity index (χ3v) is 4.04.